The van der Waals surface area contributed by atoms with Gasteiger partial charge in [0.15, 0.2) is 0 Å². The van der Waals surface area contributed by atoms with Crippen molar-refractivity contribution in [3.63, 3.8) is 0 Å². The zero-order chi connectivity index (χ0) is 13.8. The van der Waals surface area contributed by atoms with Crippen LogP contribution in [0.5, 0.6) is 0 Å². The second kappa shape index (κ2) is 5.38. The lowest BCUT2D eigenvalue weighted by Gasteiger charge is -2.04. The van der Waals surface area contributed by atoms with Crippen LogP contribution in [0.25, 0.3) is 11.3 Å². The molecule has 5 nitrogen and oxygen atoms in total. The monoisotopic (exact) mass is 256 g/mol. The number of hydrogen-bond acceptors (Lipinski definition) is 4. The molecule has 19 heavy (non-hydrogen) atoms. The van der Waals surface area contributed by atoms with Crippen LogP contribution in [0, 0.1) is 11.3 Å². The number of benzene rings is 1. The Labute approximate surface area is 109 Å². The Kier molecular flexibility index (Phi) is 3.64. The van der Waals surface area contributed by atoms with E-state index < -0.39 is 12.0 Å². The molecular weight excluding hydrogens is 244 g/mol. The standard InChI is InChI=1S/C14H12N2O3/c15-8-7-11(16)13-6-5-12(19-13)9-3-1-2-4-10(9)14(17)18/h1-6,11H,7,16H2,(H,17,18)/t11-/m0/s1. The van der Waals surface area contributed by atoms with Crippen LogP contribution in [0.3, 0.4) is 0 Å². The largest absolute Gasteiger partial charge is 0.478 e. The molecule has 96 valence electrons. The zero-order valence-corrected chi connectivity index (χ0v) is 10.0. The first-order valence-corrected chi connectivity index (χ1v) is 5.68. The van der Waals surface area contributed by atoms with Gasteiger partial charge < -0.3 is 15.3 Å². The van der Waals surface area contributed by atoms with Gasteiger partial charge in [-0.15, -0.1) is 0 Å². The zero-order valence-electron chi connectivity index (χ0n) is 10.0. The van der Waals surface area contributed by atoms with Crippen LogP contribution in [0.4, 0.5) is 0 Å². The minimum atomic E-state index is -1.02. The van der Waals surface area contributed by atoms with Gasteiger partial charge in [-0.25, -0.2) is 4.79 Å². The molecule has 3 N–H and O–H groups in total. The molecule has 1 aromatic carbocycles. The van der Waals surface area contributed by atoms with E-state index in [4.69, 9.17) is 20.5 Å². The number of nitrogens with two attached hydrogens (primary N) is 1. The molecule has 0 fully saturated rings. The van der Waals surface area contributed by atoms with Gasteiger partial charge in [0.1, 0.15) is 11.5 Å². The highest BCUT2D eigenvalue weighted by molar-refractivity contribution is 5.95. The Hall–Kier alpha value is -2.58. The summed E-state index contributed by atoms with van der Waals surface area (Å²) >= 11 is 0. The van der Waals surface area contributed by atoms with Gasteiger partial charge in [-0.1, -0.05) is 18.2 Å². The smallest absolute Gasteiger partial charge is 0.336 e. The molecule has 5 heteroatoms. The lowest BCUT2D eigenvalue weighted by atomic mass is 10.1. The Morgan fingerprint density at radius 3 is 2.79 bits per heavy atom. The number of aromatic carboxylic acids is 1. The fourth-order valence-electron chi connectivity index (χ4n) is 1.78. The van der Waals surface area contributed by atoms with Crippen molar-refractivity contribution in [2.45, 2.75) is 12.5 Å². The van der Waals surface area contributed by atoms with E-state index in [0.717, 1.165) is 0 Å². The van der Waals surface area contributed by atoms with Crippen LogP contribution in [-0.2, 0) is 0 Å². The second-order valence-corrected chi connectivity index (χ2v) is 4.02. The maximum absolute atomic E-state index is 11.1. The Morgan fingerprint density at radius 1 is 1.37 bits per heavy atom. The molecule has 0 aliphatic rings. The van der Waals surface area contributed by atoms with Crippen molar-refractivity contribution in [1.82, 2.24) is 0 Å². The molecule has 0 radical (unpaired) electrons. The van der Waals surface area contributed by atoms with Gasteiger partial charge in [0.2, 0.25) is 0 Å². The van der Waals surface area contributed by atoms with E-state index in [-0.39, 0.29) is 12.0 Å². The van der Waals surface area contributed by atoms with Gasteiger partial charge >= 0.3 is 5.97 Å². The summed E-state index contributed by atoms with van der Waals surface area (Å²) in [6, 6.07) is 11.3. The predicted octanol–water partition coefficient (Wildman–Crippen LogP) is 2.56. The first-order valence-electron chi connectivity index (χ1n) is 5.68. The van der Waals surface area contributed by atoms with E-state index >= 15 is 0 Å². The summed E-state index contributed by atoms with van der Waals surface area (Å²) in [5.74, 6) is -0.118. The van der Waals surface area contributed by atoms with E-state index in [2.05, 4.69) is 0 Å². The number of carbonyl (C=O) groups is 1. The van der Waals surface area contributed by atoms with Crippen LogP contribution in [0.2, 0.25) is 0 Å². The van der Waals surface area contributed by atoms with Crippen LogP contribution in [-0.4, -0.2) is 11.1 Å². The van der Waals surface area contributed by atoms with Crippen LogP contribution >= 0.6 is 0 Å². The van der Waals surface area contributed by atoms with Crippen molar-refractivity contribution in [3.05, 3.63) is 47.7 Å². The quantitative estimate of drug-likeness (QED) is 0.875. The van der Waals surface area contributed by atoms with Crippen LogP contribution in [0.1, 0.15) is 28.6 Å². The highest BCUT2D eigenvalue weighted by atomic mass is 16.4. The van der Waals surface area contributed by atoms with Crippen LogP contribution < -0.4 is 5.73 Å². The molecule has 1 aromatic heterocycles. The lowest BCUT2D eigenvalue weighted by molar-refractivity contribution is 0.0697. The van der Waals surface area contributed by atoms with Gasteiger partial charge in [0.05, 0.1) is 24.1 Å². The van der Waals surface area contributed by atoms with Crippen molar-refractivity contribution >= 4 is 5.97 Å². The number of nitriles is 1. The molecule has 0 amide bonds. The van der Waals surface area contributed by atoms with E-state index in [0.29, 0.717) is 17.1 Å². The summed E-state index contributed by atoms with van der Waals surface area (Å²) in [4.78, 5) is 11.1. The molecule has 1 atom stereocenters. The third kappa shape index (κ3) is 2.64. The van der Waals surface area contributed by atoms with E-state index in [9.17, 15) is 4.79 Å². The summed E-state index contributed by atoms with van der Waals surface area (Å²) in [6.07, 6.45) is 0.146. The topological polar surface area (TPSA) is 100 Å². The molecule has 0 spiro atoms. The number of hydrogen-bond donors (Lipinski definition) is 2. The normalized spacial score (nSPS) is 11.8. The molecule has 0 bridgehead atoms. The molecule has 0 saturated heterocycles. The first-order chi connectivity index (χ1) is 9.13. The molecule has 0 unspecified atom stereocenters. The summed E-state index contributed by atoms with van der Waals surface area (Å²) in [6.45, 7) is 0. The van der Waals surface area contributed by atoms with Crippen molar-refractivity contribution in [2.24, 2.45) is 5.73 Å². The summed E-state index contributed by atoms with van der Waals surface area (Å²) in [5.41, 5.74) is 6.42. The summed E-state index contributed by atoms with van der Waals surface area (Å²) in [7, 11) is 0. The fourth-order valence-corrected chi connectivity index (χ4v) is 1.78. The second-order valence-electron chi connectivity index (χ2n) is 4.02. The Balaban J connectivity index is 2.39. The minimum absolute atomic E-state index is 0.146. The van der Waals surface area contributed by atoms with Crippen molar-refractivity contribution in [3.8, 4) is 17.4 Å². The molecule has 0 aliphatic heterocycles. The predicted molar refractivity (Wildman–Crippen MR) is 68.3 cm³/mol. The molecule has 0 aliphatic carbocycles. The average molecular weight is 256 g/mol. The molecule has 2 rings (SSSR count). The summed E-state index contributed by atoms with van der Waals surface area (Å²) in [5, 5.41) is 17.7. The molecule has 0 saturated carbocycles. The number of furan rings is 1. The molecule has 2 aromatic rings. The number of carboxylic acid groups (broad SMARTS) is 1. The fraction of sp³-hybridized carbons (Fsp3) is 0.143. The first kappa shape index (κ1) is 12.9. The maximum Gasteiger partial charge on any atom is 0.336 e. The number of nitrogens with zero attached hydrogens (tertiary/aromatic N) is 1. The minimum Gasteiger partial charge on any atom is -0.478 e. The van der Waals surface area contributed by atoms with Gasteiger partial charge in [-0.2, -0.15) is 5.26 Å². The van der Waals surface area contributed by atoms with Crippen molar-refractivity contribution < 1.29 is 14.3 Å². The average Bonchev–Trinajstić information content (AvgIpc) is 2.88. The van der Waals surface area contributed by atoms with Gasteiger partial charge in [0, 0.05) is 5.56 Å². The maximum atomic E-state index is 11.1. The Morgan fingerprint density at radius 2 is 2.11 bits per heavy atom. The third-order valence-electron chi connectivity index (χ3n) is 2.73. The highest BCUT2D eigenvalue weighted by Crippen LogP contribution is 2.28. The van der Waals surface area contributed by atoms with Crippen molar-refractivity contribution in [2.75, 3.05) is 0 Å². The third-order valence-corrected chi connectivity index (χ3v) is 2.73. The van der Waals surface area contributed by atoms with Gasteiger partial charge in [-0.05, 0) is 18.2 Å². The van der Waals surface area contributed by atoms with Crippen LogP contribution in [0.15, 0.2) is 40.8 Å². The van der Waals surface area contributed by atoms with E-state index in [1.165, 1.54) is 6.07 Å². The van der Waals surface area contributed by atoms with E-state index in [1.54, 1.807) is 30.3 Å². The van der Waals surface area contributed by atoms with Gasteiger partial charge in [0.25, 0.3) is 0 Å². The SMILES string of the molecule is N#CC[C@H](N)c1ccc(-c2ccccc2C(=O)O)o1. The van der Waals surface area contributed by atoms with Crippen molar-refractivity contribution in [1.29, 1.82) is 5.26 Å². The Bertz CT molecular complexity index is 640. The van der Waals surface area contributed by atoms with Gasteiger partial charge in [-0.3, -0.25) is 0 Å². The molecular formula is C14H12N2O3. The highest BCUT2D eigenvalue weighted by Gasteiger charge is 2.16. The lowest BCUT2D eigenvalue weighted by Crippen LogP contribution is -2.07. The number of carboxylic acids is 1. The van der Waals surface area contributed by atoms with E-state index in [1.807, 2.05) is 6.07 Å². The summed E-state index contributed by atoms with van der Waals surface area (Å²) < 4.78 is 5.54. The number of rotatable bonds is 4. The molecule has 1 heterocycles.